The smallest absolute Gasteiger partial charge is 0.297 e. The van der Waals surface area contributed by atoms with Gasteiger partial charge in [0.25, 0.3) is 0 Å². The Labute approximate surface area is 103 Å². The SMILES string of the molecule is CC(=O)N1CC(=O)C(c2ccccc2)C1[N+](=O)[O-]. The zero-order chi connectivity index (χ0) is 13.3. The molecule has 1 saturated heterocycles. The quantitative estimate of drug-likeness (QED) is 0.572. The van der Waals surface area contributed by atoms with Crippen LogP contribution in [-0.2, 0) is 9.59 Å². The number of nitrogens with zero attached hydrogens (tertiary/aromatic N) is 2. The van der Waals surface area contributed by atoms with Gasteiger partial charge in [0.05, 0.1) is 6.54 Å². The van der Waals surface area contributed by atoms with E-state index in [1.54, 1.807) is 30.3 Å². The van der Waals surface area contributed by atoms with Crippen LogP contribution in [0.2, 0.25) is 0 Å². The monoisotopic (exact) mass is 248 g/mol. The van der Waals surface area contributed by atoms with Crippen LogP contribution < -0.4 is 0 Å². The van der Waals surface area contributed by atoms with Gasteiger partial charge in [-0.15, -0.1) is 0 Å². The van der Waals surface area contributed by atoms with Crippen molar-refractivity contribution in [1.29, 1.82) is 0 Å². The summed E-state index contributed by atoms with van der Waals surface area (Å²) < 4.78 is 0. The minimum Gasteiger partial charge on any atom is -0.297 e. The fraction of sp³-hybridized carbons (Fsp3) is 0.333. The van der Waals surface area contributed by atoms with Crippen molar-refractivity contribution >= 4 is 11.7 Å². The molecule has 18 heavy (non-hydrogen) atoms. The molecule has 94 valence electrons. The Morgan fingerprint density at radius 3 is 2.50 bits per heavy atom. The number of benzene rings is 1. The molecular weight excluding hydrogens is 236 g/mol. The maximum Gasteiger partial charge on any atom is 0.303 e. The molecule has 6 nitrogen and oxygen atoms in total. The van der Waals surface area contributed by atoms with Gasteiger partial charge < -0.3 is 0 Å². The van der Waals surface area contributed by atoms with Crippen molar-refractivity contribution in [2.75, 3.05) is 6.54 Å². The van der Waals surface area contributed by atoms with E-state index in [0.29, 0.717) is 5.56 Å². The number of rotatable bonds is 2. The number of likely N-dealkylation sites (tertiary alicyclic amines) is 1. The van der Waals surface area contributed by atoms with Crippen molar-refractivity contribution in [1.82, 2.24) is 4.90 Å². The van der Waals surface area contributed by atoms with Crippen molar-refractivity contribution < 1.29 is 14.5 Å². The third-order valence-electron chi connectivity index (χ3n) is 3.07. The number of nitro groups is 1. The van der Waals surface area contributed by atoms with Crippen LogP contribution >= 0.6 is 0 Å². The molecule has 2 rings (SSSR count). The van der Waals surface area contributed by atoms with Gasteiger partial charge in [-0.05, 0) is 5.56 Å². The minimum absolute atomic E-state index is 0.194. The van der Waals surface area contributed by atoms with Crippen molar-refractivity contribution in [2.24, 2.45) is 0 Å². The van der Waals surface area contributed by atoms with Gasteiger partial charge in [0.15, 0.2) is 5.78 Å². The number of amides is 1. The van der Waals surface area contributed by atoms with E-state index in [0.717, 1.165) is 4.90 Å². The molecule has 0 N–H and O–H groups in total. The van der Waals surface area contributed by atoms with Gasteiger partial charge in [0.1, 0.15) is 5.92 Å². The largest absolute Gasteiger partial charge is 0.303 e. The maximum atomic E-state index is 11.9. The summed E-state index contributed by atoms with van der Waals surface area (Å²) in [5.74, 6) is -1.62. The number of hydrogen-bond donors (Lipinski definition) is 0. The number of carbonyl (C=O) groups excluding carboxylic acids is 2. The van der Waals surface area contributed by atoms with Crippen molar-refractivity contribution in [3.05, 3.63) is 46.0 Å². The molecule has 0 spiro atoms. The van der Waals surface area contributed by atoms with Gasteiger partial charge >= 0.3 is 6.17 Å². The van der Waals surface area contributed by atoms with E-state index in [2.05, 4.69) is 0 Å². The summed E-state index contributed by atoms with van der Waals surface area (Å²) in [6.07, 6.45) is -1.29. The highest BCUT2D eigenvalue weighted by Crippen LogP contribution is 2.31. The van der Waals surface area contributed by atoms with E-state index in [-0.39, 0.29) is 12.3 Å². The first-order valence-electron chi connectivity index (χ1n) is 5.50. The van der Waals surface area contributed by atoms with Gasteiger partial charge in [0.2, 0.25) is 5.91 Å². The van der Waals surface area contributed by atoms with Crippen molar-refractivity contribution in [3.8, 4) is 0 Å². The molecule has 1 fully saturated rings. The first-order chi connectivity index (χ1) is 8.52. The highest BCUT2D eigenvalue weighted by Gasteiger charge is 2.50. The second-order valence-electron chi connectivity index (χ2n) is 4.20. The maximum absolute atomic E-state index is 11.9. The fourth-order valence-corrected chi connectivity index (χ4v) is 2.26. The average molecular weight is 248 g/mol. The van der Waals surface area contributed by atoms with Gasteiger partial charge in [-0.2, -0.15) is 0 Å². The van der Waals surface area contributed by atoms with Crippen molar-refractivity contribution in [2.45, 2.75) is 19.0 Å². The highest BCUT2D eigenvalue weighted by atomic mass is 16.6. The lowest BCUT2D eigenvalue weighted by Crippen LogP contribution is -2.41. The lowest BCUT2D eigenvalue weighted by atomic mass is 9.95. The zero-order valence-electron chi connectivity index (χ0n) is 9.78. The molecular formula is C12H12N2O4. The predicted molar refractivity (Wildman–Crippen MR) is 62.4 cm³/mol. The number of hydrogen-bond acceptors (Lipinski definition) is 4. The minimum atomic E-state index is -1.29. The van der Waals surface area contributed by atoms with Gasteiger partial charge in [-0.25, -0.2) is 0 Å². The molecule has 0 saturated carbocycles. The van der Waals surface area contributed by atoms with E-state index in [1.807, 2.05) is 0 Å². The normalized spacial score (nSPS) is 23.2. The van der Waals surface area contributed by atoms with Crippen molar-refractivity contribution in [3.63, 3.8) is 0 Å². The molecule has 1 heterocycles. The molecule has 6 heteroatoms. The van der Waals surface area contributed by atoms with E-state index in [1.165, 1.54) is 6.92 Å². The molecule has 0 aliphatic carbocycles. The Kier molecular flexibility index (Phi) is 3.10. The summed E-state index contributed by atoms with van der Waals surface area (Å²) in [5.41, 5.74) is 0.577. The topological polar surface area (TPSA) is 80.5 Å². The lowest BCUT2D eigenvalue weighted by Gasteiger charge is -2.18. The van der Waals surface area contributed by atoms with E-state index in [4.69, 9.17) is 0 Å². The van der Waals surface area contributed by atoms with Crippen LogP contribution in [0.3, 0.4) is 0 Å². The molecule has 0 radical (unpaired) electrons. The average Bonchev–Trinajstić information content (AvgIpc) is 2.68. The lowest BCUT2D eigenvalue weighted by molar-refractivity contribution is -0.543. The second-order valence-corrected chi connectivity index (χ2v) is 4.20. The van der Waals surface area contributed by atoms with E-state index >= 15 is 0 Å². The Morgan fingerprint density at radius 2 is 2.00 bits per heavy atom. The van der Waals surface area contributed by atoms with Crippen LogP contribution in [0.25, 0.3) is 0 Å². The summed E-state index contributed by atoms with van der Waals surface area (Å²) in [5, 5.41) is 11.1. The summed E-state index contributed by atoms with van der Waals surface area (Å²) in [7, 11) is 0. The third kappa shape index (κ3) is 1.97. The van der Waals surface area contributed by atoms with Crippen LogP contribution in [0.15, 0.2) is 30.3 Å². The van der Waals surface area contributed by atoms with E-state index < -0.39 is 22.9 Å². The van der Waals surface area contributed by atoms with Crippen LogP contribution in [-0.4, -0.2) is 34.2 Å². The molecule has 1 aliphatic rings. The summed E-state index contributed by atoms with van der Waals surface area (Å²) in [6.45, 7) is 1.04. The fourth-order valence-electron chi connectivity index (χ4n) is 2.26. The standard InChI is InChI=1S/C12H12N2O4/c1-8(15)13-7-10(16)11(12(13)14(17)18)9-5-3-2-4-6-9/h2-6,11-12H,7H2,1H3. The molecule has 0 bridgehead atoms. The number of Topliss-reactive ketones (excluding diaryl/α,β-unsaturated/α-hetero) is 1. The van der Waals surface area contributed by atoms with Crippen LogP contribution in [0.1, 0.15) is 18.4 Å². The van der Waals surface area contributed by atoms with Crippen LogP contribution in [0.5, 0.6) is 0 Å². The Bertz CT molecular complexity index is 500. The molecule has 0 aromatic heterocycles. The Balaban J connectivity index is 2.42. The summed E-state index contributed by atoms with van der Waals surface area (Å²) >= 11 is 0. The summed E-state index contributed by atoms with van der Waals surface area (Å²) in [6, 6.07) is 8.55. The molecule has 1 aromatic rings. The first kappa shape index (κ1) is 12.2. The zero-order valence-corrected chi connectivity index (χ0v) is 9.78. The van der Waals surface area contributed by atoms with E-state index in [9.17, 15) is 19.7 Å². The molecule has 1 aliphatic heterocycles. The van der Waals surface area contributed by atoms with Gasteiger partial charge in [-0.1, -0.05) is 30.3 Å². The number of ketones is 1. The van der Waals surface area contributed by atoms with Crippen LogP contribution in [0.4, 0.5) is 0 Å². The first-order valence-corrected chi connectivity index (χ1v) is 5.50. The number of carbonyl (C=O) groups is 2. The Hall–Kier alpha value is -2.24. The van der Waals surface area contributed by atoms with Gasteiger partial charge in [-0.3, -0.25) is 24.6 Å². The second kappa shape index (κ2) is 4.56. The third-order valence-corrected chi connectivity index (χ3v) is 3.07. The molecule has 2 unspecified atom stereocenters. The molecule has 1 amide bonds. The predicted octanol–water partition coefficient (Wildman–Crippen LogP) is 0.804. The highest BCUT2D eigenvalue weighted by molar-refractivity contribution is 5.94. The van der Waals surface area contributed by atoms with Crippen LogP contribution in [0, 0.1) is 10.1 Å². The van der Waals surface area contributed by atoms with Gasteiger partial charge in [0, 0.05) is 11.8 Å². The molecule has 2 atom stereocenters. The molecule has 1 aromatic carbocycles. The Morgan fingerprint density at radius 1 is 1.39 bits per heavy atom. The summed E-state index contributed by atoms with van der Waals surface area (Å²) in [4.78, 5) is 34.8.